The third kappa shape index (κ3) is 5.15. The summed E-state index contributed by atoms with van der Waals surface area (Å²) in [7, 11) is -6.28. The van der Waals surface area contributed by atoms with Crippen LogP contribution in [0.3, 0.4) is 0 Å². The maximum Gasteiger partial charge on any atom is 0.242 e. The Bertz CT molecular complexity index is 1720. The van der Waals surface area contributed by atoms with Crippen LogP contribution in [-0.4, -0.2) is 39.8 Å². The van der Waals surface area contributed by atoms with Gasteiger partial charge in [-0.15, -0.1) is 0 Å². The van der Waals surface area contributed by atoms with Crippen molar-refractivity contribution in [1.82, 2.24) is 19.4 Å². The number of nitrogens with zero attached hydrogens (tertiary/aromatic N) is 1. The summed E-state index contributed by atoms with van der Waals surface area (Å²) < 4.78 is 61.5. The minimum atomic E-state index is -3.97. The number of methoxy groups -OCH3 is 1. The summed E-state index contributed by atoms with van der Waals surface area (Å²) in [6, 6.07) is 18.1. The van der Waals surface area contributed by atoms with Gasteiger partial charge in [0.1, 0.15) is 16.8 Å². The van der Waals surface area contributed by atoms with Crippen LogP contribution in [0.4, 0.5) is 0 Å². The first-order chi connectivity index (χ1) is 18.1. The van der Waals surface area contributed by atoms with Crippen molar-refractivity contribution in [2.24, 2.45) is 0 Å². The lowest BCUT2D eigenvalue weighted by Crippen LogP contribution is -2.31. The Morgan fingerprint density at radius 1 is 1.11 bits per heavy atom. The van der Waals surface area contributed by atoms with Crippen LogP contribution in [0.25, 0.3) is 11.0 Å². The van der Waals surface area contributed by atoms with Crippen LogP contribution in [0.2, 0.25) is 0 Å². The van der Waals surface area contributed by atoms with Gasteiger partial charge in [-0.3, -0.25) is 9.52 Å². The zero-order valence-corrected chi connectivity index (χ0v) is 22.3. The number of rotatable bonds is 8. The molecule has 0 saturated carbocycles. The summed E-state index contributed by atoms with van der Waals surface area (Å²) in [6.45, 7) is 1.77. The van der Waals surface area contributed by atoms with Gasteiger partial charge in [0.15, 0.2) is 0 Å². The van der Waals surface area contributed by atoms with Gasteiger partial charge in [-0.05, 0) is 54.3 Å². The van der Waals surface area contributed by atoms with Crippen LogP contribution in [0.15, 0.2) is 71.6 Å². The van der Waals surface area contributed by atoms with Gasteiger partial charge in [0.25, 0.3) is 0 Å². The number of aromatic amines is 1. The molecule has 198 valence electrons. The van der Waals surface area contributed by atoms with Crippen molar-refractivity contribution in [2.45, 2.75) is 36.0 Å². The Labute approximate surface area is 220 Å². The van der Waals surface area contributed by atoms with Crippen molar-refractivity contribution in [3.8, 4) is 5.75 Å². The normalized spacial score (nSPS) is 17.8. The number of carbonyl (C=O) groups excluding carboxylic acids is 1. The van der Waals surface area contributed by atoms with Crippen molar-refractivity contribution in [2.75, 3.05) is 7.11 Å². The molecule has 1 unspecified atom stereocenters. The number of benzene rings is 3. The molecule has 2 atom stereocenters. The van der Waals surface area contributed by atoms with Crippen LogP contribution >= 0.6 is 0 Å². The number of carbonyl (C=O) groups is 1. The summed E-state index contributed by atoms with van der Waals surface area (Å²) in [4.78, 5) is 19.6. The monoisotopic (exact) mass is 554 g/mol. The molecule has 12 heteroatoms. The molecule has 5 rings (SSSR count). The lowest BCUT2D eigenvalue weighted by atomic mass is 9.97. The smallest absolute Gasteiger partial charge is 0.242 e. The van der Waals surface area contributed by atoms with Gasteiger partial charge in [-0.25, -0.2) is 26.5 Å². The first kappa shape index (κ1) is 25.9. The molecule has 1 amide bonds. The number of sulfonamides is 2. The van der Waals surface area contributed by atoms with Gasteiger partial charge in [-0.1, -0.05) is 36.4 Å². The molecule has 2 heterocycles. The van der Waals surface area contributed by atoms with Gasteiger partial charge < -0.3 is 9.72 Å². The predicted molar refractivity (Wildman–Crippen MR) is 141 cm³/mol. The molecule has 1 fully saturated rings. The van der Waals surface area contributed by atoms with Gasteiger partial charge in [0.05, 0.1) is 35.5 Å². The average Bonchev–Trinajstić information content (AvgIpc) is 3.43. The standard InChI is InChI=1S/C26H26N4O6S2/c1-16-12-17(10-11-20(16)24-15-25(31)30-38(24,34)35)13-23(26-27-21-8-3-4-9-22(21)28-26)29-37(32,33)19-7-5-6-18(14-19)36-2/h3-12,14,23-24,29H,13,15H2,1-2H3,(H,27,28)(H,30,31)/t23-,24?/m0/s1. The summed E-state index contributed by atoms with van der Waals surface area (Å²) in [5, 5.41) is -0.957. The largest absolute Gasteiger partial charge is 0.497 e. The Morgan fingerprint density at radius 3 is 2.58 bits per heavy atom. The van der Waals surface area contributed by atoms with E-state index in [1.54, 1.807) is 31.2 Å². The van der Waals surface area contributed by atoms with E-state index in [9.17, 15) is 21.6 Å². The number of para-hydroxylation sites is 2. The summed E-state index contributed by atoms with van der Waals surface area (Å²) in [5.41, 5.74) is 3.45. The molecule has 0 bridgehead atoms. The number of aryl methyl sites for hydroxylation is 1. The minimum Gasteiger partial charge on any atom is -0.497 e. The third-order valence-corrected chi connectivity index (χ3v) is 9.66. The van der Waals surface area contributed by atoms with Gasteiger partial charge >= 0.3 is 0 Å². The van der Waals surface area contributed by atoms with E-state index in [0.29, 0.717) is 28.2 Å². The molecule has 0 radical (unpaired) electrons. The molecule has 3 N–H and O–H groups in total. The molecule has 4 aromatic rings. The van der Waals surface area contributed by atoms with E-state index in [4.69, 9.17) is 4.74 Å². The van der Waals surface area contributed by atoms with E-state index in [1.807, 2.05) is 35.1 Å². The molecule has 1 saturated heterocycles. The first-order valence-electron chi connectivity index (χ1n) is 11.8. The van der Waals surface area contributed by atoms with Crippen molar-refractivity contribution < 1.29 is 26.4 Å². The third-order valence-electron chi connectivity index (χ3n) is 6.51. The number of hydrogen-bond donors (Lipinski definition) is 3. The van der Waals surface area contributed by atoms with E-state index in [1.165, 1.54) is 19.2 Å². The number of amides is 1. The van der Waals surface area contributed by atoms with Crippen LogP contribution in [0.5, 0.6) is 5.75 Å². The number of H-pyrrole nitrogens is 1. The van der Waals surface area contributed by atoms with Crippen LogP contribution in [-0.2, 0) is 31.3 Å². The average molecular weight is 555 g/mol. The van der Waals surface area contributed by atoms with Crippen molar-refractivity contribution in [3.63, 3.8) is 0 Å². The van der Waals surface area contributed by atoms with E-state index >= 15 is 0 Å². The lowest BCUT2D eigenvalue weighted by molar-refractivity contribution is -0.118. The number of hydrogen-bond acceptors (Lipinski definition) is 7. The molecule has 1 aliphatic heterocycles. The zero-order chi connectivity index (χ0) is 27.1. The highest BCUT2D eigenvalue weighted by molar-refractivity contribution is 7.90. The number of ether oxygens (including phenoxy) is 1. The number of aromatic nitrogens is 2. The van der Waals surface area contributed by atoms with Crippen LogP contribution in [0.1, 0.15) is 40.2 Å². The molecule has 3 aromatic carbocycles. The fourth-order valence-corrected chi connectivity index (χ4v) is 7.39. The Morgan fingerprint density at radius 2 is 1.89 bits per heavy atom. The number of imidazole rings is 1. The van der Waals surface area contributed by atoms with Crippen molar-refractivity contribution in [1.29, 1.82) is 0 Å². The summed E-state index contributed by atoms with van der Waals surface area (Å²) in [6.07, 6.45) is 0.100. The molecular weight excluding hydrogens is 528 g/mol. The van der Waals surface area contributed by atoms with Crippen molar-refractivity contribution in [3.05, 3.63) is 89.2 Å². The maximum atomic E-state index is 13.4. The molecule has 10 nitrogen and oxygen atoms in total. The molecule has 0 aliphatic carbocycles. The Balaban J connectivity index is 1.49. The second-order valence-corrected chi connectivity index (χ2v) is 12.7. The first-order valence-corrected chi connectivity index (χ1v) is 14.8. The highest BCUT2D eigenvalue weighted by Gasteiger charge is 2.38. The highest BCUT2D eigenvalue weighted by Crippen LogP contribution is 2.33. The predicted octanol–water partition coefficient (Wildman–Crippen LogP) is 3.03. The highest BCUT2D eigenvalue weighted by atomic mass is 32.2. The van der Waals surface area contributed by atoms with Gasteiger partial charge in [0, 0.05) is 6.07 Å². The minimum absolute atomic E-state index is 0.0492. The molecule has 1 aliphatic rings. The zero-order valence-electron chi connectivity index (χ0n) is 20.6. The fourth-order valence-electron chi connectivity index (χ4n) is 4.64. The Hall–Kier alpha value is -3.74. The second kappa shape index (κ2) is 9.86. The van der Waals surface area contributed by atoms with Crippen LogP contribution < -0.4 is 14.2 Å². The molecule has 38 heavy (non-hydrogen) atoms. The Kier molecular flexibility index (Phi) is 6.72. The maximum absolute atomic E-state index is 13.4. The topological polar surface area (TPSA) is 147 Å². The summed E-state index contributed by atoms with van der Waals surface area (Å²) in [5.74, 6) is 0.317. The van der Waals surface area contributed by atoms with E-state index in [0.717, 1.165) is 11.1 Å². The molecule has 1 aromatic heterocycles. The SMILES string of the molecule is COc1cccc(S(=O)(=O)N[C@@H](Cc2ccc(C3CC(=O)NS3(=O)=O)c(C)c2)c2nc3ccccc3[nH]2)c1. The molecular formula is C26H26N4O6S2. The summed E-state index contributed by atoms with van der Waals surface area (Å²) >= 11 is 0. The van der Waals surface area contributed by atoms with E-state index < -0.39 is 37.2 Å². The quantitative estimate of drug-likeness (QED) is 0.303. The van der Waals surface area contributed by atoms with E-state index in [-0.39, 0.29) is 17.7 Å². The number of nitrogens with one attached hydrogen (secondary N) is 3. The fraction of sp³-hybridized carbons (Fsp3) is 0.231. The van der Waals surface area contributed by atoms with Crippen molar-refractivity contribution >= 4 is 37.0 Å². The number of fused-ring (bicyclic) bond motifs is 1. The van der Waals surface area contributed by atoms with Crippen LogP contribution in [0, 0.1) is 6.92 Å². The lowest BCUT2D eigenvalue weighted by Gasteiger charge is -2.19. The van der Waals surface area contributed by atoms with E-state index in [2.05, 4.69) is 14.7 Å². The molecule has 0 spiro atoms. The van der Waals surface area contributed by atoms with Gasteiger partial charge in [0.2, 0.25) is 26.0 Å². The van der Waals surface area contributed by atoms with Gasteiger partial charge in [-0.2, -0.15) is 0 Å². The second-order valence-electron chi connectivity index (χ2n) is 9.15.